The van der Waals surface area contributed by atoms with Crippen LogP contribution in [0.25, 0.3) is 11.0 Å². The zero-order chi connectivity index (χ0) is 16.7. The van der Waals surface area contributed by atoms with E-state index >= 15 is 0 Å². The normalized spacial score (nSPS) is 13.5. The topological polar surface area (TPSA) is 92.6 Å². The number of fused-ring (bicyclic) bond motifs is 2. The summed E-state index contributed by atoms with van der Waals surface area (Å²) in [5, 5.41) is 12.7. The fraction of sp³-hybridized carbons (Fsp3) is 0.278. The first-order chi connectivity index (χ1) is 11.7. The van der Waals surface area contributed by atoms with Crippen LogP contribution in [0.1, 0.15) is 29.7 Å². The van der Waals surface area contributed by atoms with Crippen molar-refractivity contribution in [3.8, 4) is 6.07 Å². The zero-order valence-corrected chi connectivity index (χ0v) is 13.5. The van der Waals surface area contributed by atoms with Crippen molar-refractivity contribution in [3.63, 3.8) is 0 Å². The highest BCUT2D eigenvalue weighted by molar-refractivity contribution is 5.95. The number of nitrogens with zero attached hydrogens (tertiary/aromatic N) is 4. The van der Waals surface area contributed by atoms with Crippen LogP contribution in [0.4, 0.5) is 17.3 Å². The summed E-state index contributed by atoms with van der Waals surface area (Å²) in [6.45, 7) is 0. The number of nitrogens with one attached hydrogen (secondary N) is 1. The summed E-state index contributed by atoms with van der Waals surface area (Å²) in [6.07, 6.45) is 6.44. The van der Waals surface area contributed by atoms with Gasteiger partial charge >= 0.3 is 0 Å². The van der Waals surface area contributed by atoms with Crippen molar-refractivity contribution < 1.29 is 0 Å². The van der Waals surface area contributed by atoms with Crippen molar-refractivity contribution in [2.24, 2.45) is 7.05 Å². The van der Waals surface area contributed by atoms with Crippen molar-refractivity contribution >= 4 is 28.4 Å². The van der Waals surface area contributed by atoms with Gasteiger partial charge in [0.05, 0.1) is 28.7 Å². The van der Waals surface area contributed by atoms with E-state index in [1.165, 1.54) is 24.1 Å². The molecular weight excluding hydrogens is 300 g/mol. The molecule has 3 aromatic rings. The number of imidazole rings is 1. The van der Waals surface area contributed by atoms with E-state index in [9.17, 15) is 5.26 Å². The largest absolute Gasteiger partial charge is 0.369 e. The fourth-order valence-corrected chi connectivity index (χ4v) is 3.34. The Hall–Kier alpha value is -3.07. The third kappa shape index (κ3) is 2.26. The highest BCUT2D eigenvalue weighted by atomic mass is 15.1. The number of aromatic nitrogens is 3. The minimum atomic E-state index is 0.388. The Morgan fingerprint density at radius 2 is 2.12 bits per heavy atom. The van der Waals surface area contributed by atoms with E-state index in [2.05, 4.69) is 27.4 Å². The van der Waals surface area contributed by atoms with Crippen LogP contribution in [0.3, 0.4) is 0 Å². The second kappa shape index (κ2) is 5.53. The third-order valence-corrected chi connectivity index (χ3v) is 4.63. The van der Waals surface area contributed by atoms with Crippen LogP contribution in [0.2, 0.25) is 0 Å². The Kier molecular flexibility index (Phi) is 3.35. The minimum Gasteiger partial charge on any atom is -0.369 e. The number of nitrogens with two attached hydrogens (primary N) is 1. The number of aryl methyl sites for hydroxylation is 3. The highest BCUT2D eigenvalue weighted by Gasteiger charge is 2.15. The molecule has 0 atom stereocenters. The van der Waals surface area contributed by atoms with Gasteiger partial charge in [-0.15, -0.1) is 0 Å². The first-order valence-electron chi connectivity index (χ1n) is 8.07. The number of anilines is 3. The number of hydrogen-bond acceptors (Lipinski definition) is 5. The molecular formula is C18H18N6. The average molecular weight is 318 g/mol. The van der Waals surface area contributed by atoms with Crippen molar-refractivity contribution in [3.05, 3.63) is 41.2 Å². The fourth-order valence-electron chi connectivity index (χ4n) is 3.34. The van der Waals surface area contributed by atoms with Crippen molar-refractivity contribution in [2.45, 2.75) is 25.7 Å². The third-order valence-electron chi connectivity index (χ3n) is 4.63. The molecule has 1 aliphatic carbocycles. The summed E-state index contributed by atoms with van der Waals surface area (Å²) < 4.78 is 1.74. The Morgan fingerprint density at radius 3 is 2.96 bits per heavy atom. The van der Waals surface area contributed by atoms with E-state index < -0.39 is 0 Å². The van der Waals surface area contributed by atoms with Crippen LogP contribution in [0.5, 0.6) is 0 Å². The van der Waals surface area contributed by atoms with Crippen LogP contribution in [-0.2, 0) is 19.9 Å². The lowest BCUT2D eigenvalue weighted by molar-refractivity contribution is 0.668. The van der Waals surface area contributed by atoms with Gasteiger partial charge in [0.25, 0.3) is 0 Å². The molecule has 1 aromatic carbocycles. The average Bonchev–Trinajstić information content (AvgIpc) is 2.91. The molecule has 1 aliphatic rings. The molecule has 0 unspecified atom stereocenters. The lowest BCUT2D eigenvalue weighted by atomic mass is 9.96. The zero-order valence-electron chi connectivity index (χ0n) is 13.5. The Balaban J connectivity index is 1.78. The maximum absolute atomic E-state index is 9.32. The maximum atomic E-state index is 9.32. The predicted octanol–water partition coefficient (Wildman–Crippen LogP) is 3.04. The van der Waals surface area contributed by atoms with E-state index in [0.29, 0.717) is 17.0 Å². The summed E-state index contributed by atoms with van der Waals surface area (Å²) in [5.41, 5.74) is 12.2. The van der Waals surface area contributed by atoms with Gasteiger partial charge < -0.3 is 15.6 Å². The van der Waals surface area contributed by atoms with Gasteiger partial charge in [-0.2, -0.15) is 5.26 Å². The summed E-state index contributed by atoms with van der Waals surface area (Å²) in [7, 11) is 1.82. The van der Waals surface area contributed by atoms with E-state index in [1.807, 2.05) is 19.3 Å². The molecule has 0 saturated heterocycles. The number of nitrogen functional groups attached to an aromatic ring is 1. The van der Waals surface area contributed by atoms with Crippen molar-refractivity contribution in [1.82, 2.24) is 14.5 Å². The van der Waals surface area contributed by atoms with E-state index in [1.54, 1.807) is 10.6 Å². The molecule has 6 heteroatoms. The van der Waals surface area contributed by atoms with E-state index in [4.69, 9.17) is 5.73 Å². The predicted molar refractivity (Wildman–Crippen MR) is 94.0 cm³/mol. The molecule has 2 heterocycles. The number of pyridine rings is 1. The first-order valence-corrected chi connectivity index (χ1v) is 8.07. The van der Waals surface area contributed by atoms with Crippen LogP contribution in [-0.4, -0.2) is 14.5 Å². The SMILES string of the molecule is Cn1c(N)nc2c(Nc3cnc4c(c3)CCCC4)ccc(C#N)c21. The first kappa shape index (κ1) is 14.5. The Labute approximate surface area is 139 Å². The number of rotatable bonds is 2. The van der Waals surface area contributed by atoms with Crippen LogP contribution in [0, 0.1) is 11.3 Å². The molecule has 0 amide bonds. The molecule has 3 N–H and O–H groups in total. The van der Waals surface area contributed by atoms with Crippen LogP contribution >= 0.6 is 0 Å². The summed E-state index contributed by atoms with van der Waals surface area (Å²) in [4.78, 5) is 9.00. The molecule has 0 bridgehead atoms. The highest BCUT2D eigenvalue weighted by Crippen LogP contribution is 2.30. The molecule has 4 rings (SSSR count). The standard InChI is InChI=1S/C18H18N6/c1-24-17-12(9-19)6-7-15(16(17)23-18(24)20)22-13-8-11-4-2-3-5-14(11)21-10-13/h6-8,10,22H,2-5H2,1H3,(H2,20,23). The summed E-state index contributed by atoms with van der Waals surface area (Å²) >= 11 is 0. The lowest BCUT2D eigenvalue weighted by Gasteiger charge is -2.16. The van der Waals surface area contributed by atoms with Crippen LogP contribution < -0.4 is 11.1 Å². The summed E-state index contributed by atoms with van der Waals surface area (Å²) in [5.74, 6) is 0.388. The monoisotopic (exact) mass is 318 g/mol. The quantitative estimate of drug-likeness (QED) is 0.757. The molecule has 0 saturated carbocycles. The van der Waals surface area contributed by atoms with Crippen LogP contribution in [0.15, 0.2) is 24.4 Å². The maximum Gasteiger partial charge on any atom is 0.201 e. The molecule has 2 aromatic heterocycles. The second-order valence-corrected chi connectivity index (χ2v) is 6.16. The van der Waals surface area contributed by atoms with Gasteiger partial charge in [0.15, 0.2) is 0 Å². The second-order valence-electron chi connectivity index (χ2n) is 6.16. The molecule has 24 heavy (non-hydrogen) atoms. The molecule has 6 nitrogen and oxygen atoms in total. The number of benzene rings is 1. The number of hydrogen-bond donors (Lipinski definition) is 2. The van der Waals surface area contributed by atoms with Gasteiger partial charge in [-0.25, -0.2) is 4.98 Å². The van der Waals surface area contributed by atoms with Crippen molar-refractivity contribution in [1.29, 1.82) is 5.26 Å². The van der Waals surface area contributed by atoms with Gasteiger partial charge in [0.2, 0.25) is 5.95 Å². The number of nitriles is 1. The Morgan fingerprint density at radius 1 is 1.29 bits per heavy atom. The molecule has 0 fully saturated rings. The van der Waals surface area contributed by atoms with E-state index in [0.717, 1.165) is 29.7 Å². The van der Waals surface area contributed by atoms with Gasteiger partial charge in [-0.05, 0) is 49.4 Å². The van der Waals surface area contributed by atoms with Gasteiger partial charge in [-0.1, -0.05) is 0 Å². The van der Waals surface area contributed by atoms with Crippen molar-refractivity contribution in [2.75, 3.05) is 11.1 Å². The smallest absolute Gasteiger partial charge is 0.201 e. The molecule has 0 spiro atoms. The van der Waals surface area contributed by atoms with Gasteiger partial charge in [-0.3, -0.25) is 4.98 Å². The molecule has 120 valence electrons. The van der Waals surface area contributed by atoms with Gasteiger partial charge in [0, 0.05) is 12.7 Å². The summed E-state index contributed by atoms with van der Waals surface area (Å²) in [6, 6.07) is 8.02. The lowest BCUT2D eigenvalue weighted by Crippen LogP contribution is -2.06. The molecule has 0 aliphatic heterocycles. The minimum absolute atomic E-state index is 0.388. The molecule has 0 radical (unpaired) electrons. The van der Waals surface area contributed by atoms with E-state index in [-0.39, 0.29) is 0 Å². The van der Waals surface area contributed by atoms with Gasteiger partial charge in [0.1, 0.15) is 11.6 Å². The Bertz CT molecular complexity index is 979.